The van der Waals surface area contributed by atoms with Crippen molar-refractivity contribution in [3.63, 3.8) is 0 Å². The summed E-state index contributed by atoms with van der Waals surface area (Å²) in [4.78, 5) is 10.8. The maximum Gasteiger partial charge on any atom is 0.224 e. The molecule has 0 aromatic carbocycles. The van der Waals surface area contributed by atoms with Gasteiger partial charge in [-0.15, -0.1) is 0 Å². The summed E-state index contributed by atoms with van der Waals surface area (Å²) in [6, 6.07) is 0. The third-order valence-corrected chi connectivity index (χ3v) is 4.37. The van der Waals surface area contributed by atoms with Crippen molar-refractivity contribution in [3.8, 4) is 0 Å². The Morgan fingerprint density at radius 3 is 2.88 bits per heavy atom. The normalized spacial score (nSPS) is 17.2. The Morgan fingerprint density at radius 2 is 2.24 bits per heavy atom. The lowest BCUT2D eigenvalue weighted by Crippen LogP contribution is -2.38. The number of hydrogen-bond donors (Lipinski definition) is 1. The molecule has 0 amide bonds. The molecular weight excluding hydrogens is 304 g/mol. The predicted octanol–water partition coefficient (Wildman–Crippen LogP) is 1.24. The Hall–Kier alpha value is -0.690. The molecule has 1 aliphatic heterocycles. The molecule has 1 aromatic heterocycles. The van der Waals surface area contributed by atoms with E-state index in [4.69, 9.17) is 0 Å². The Bertz CT molecular complexity index is 419. The second-order valence-electron chi connectivity index (χ2n) is 3.73. The molecule has 0 unspecified atom stereocenters. The summed E-state index contributed by atoms with van der Waals surface area (Å²) in [5, 5.41) is 3.09. The van der Waals surface area contributed by atoms with Crippen LogP contribution < -0.4 is 10.2 Å². The second-order valence-corrected chi connectivity index (χ2v) is 6.28. The molecule has 0 spiro atoms. The Kier molecular flexibility index (Phi) is 4.33. The molecule has 94 valence electrons. The van der Waals surface area contributed by atoms with Crippen LogP contribution in [-0.4, -0.2) is 45.3 Å². The molecule has 2 heterocycles. The fourth-order valence-electron chi connectivity index (χ4n) is 1.67. The summed E-state index contributed by atoms with van der Waals surface area (Å²) in [5.41, 5.74) is 0. The number of hydrogen-bond acceptors (Lipinski definition) is 5. The number of halogens is 1. The molecule has 0 radical (unpaired) electrons. The monoisotopic (exact) mass is 318 g/mol. The minimum absolute atomic E-state index is 0.636. The van der Waals surface area contributed by atoms with E-state index in [2.05, 4.69) is 36.1 Å². The first-order valence-electron chi connectivity index (χ1n) is 5.57. The van der Waals surface area contributed by atoms with Gasteiger partial charge in [0, 0.05) is 48.1 Å². The highest BCUT2D eigenvalue weighted by atomic mass is 79.9. The Morgan fingerprint density at radius 1 is 1.53 bits per heavy atom. The number of nitrogens with one attached hydrogen (secondary N) is 1. The quantitative estimate of drug-likeness (QED) is 0.908. The minimum atomic E-state index is -0.666. The molecule has 1 N–H and O–H groups in total. The van der Waals surface area contributed by atoms with E-state index in [9.17, 15) is 4.21 Å². The van der Waals surface area contributed by atoms with Gasteiger partial charge in [-0.25, -0.2) is 4.98 Å². The van der Waals surface area contributed by atoms with Gasteiger partial charge in [-0.1, -0.05) is 0 Å². The summed E-state index contributed by atoms with van der Waals surface area (Å²) in [5.74, 6) is 2.95. The zero-order chi connectivity index (χ0) is 12.3. The summed E-state index contributed by atoms with van der Waals surface area (Å²) in [7, 11) is -0.666. The molecule has 0 aliphatic carbocycles. The molecule has 1 aromatic rings. The first-order valence-corrected chi connectivity index (χ1v) is 7.85. The van der Waals surface area contributed by atoms with Gasteiger partial charge in [-0.2, -0.15) is 4.98 Å². The fourth-order valence-corrected chi connectivity index (χ4v) is 3.17. The third-order valence-electron chi connectivity index (χ3n) is 2.54. The van der Waals surface area contributed by atoms with E-state index < -0.39 is 10.8 Å². The summed E-state index contributed by atoms with van der Waals surface area (Å²) in [6.07, 6.45) is 1.76. The van der Waals surface area contributed by atoms with Crippen molar-refractivity contribution < 1.29 is 4.21 Å². The average Bonchev–Trinajstić information content (AvgIpc) is 2.33. The summed E-state index contributed by atoms with van der Waals surface area (Å²) < 4.78 is 12.2. The predicted molar refractivity (Wildman–Crippen MR) is 74.0 cm³/mol. The van der Waals surface area contributed by atoms with Crippen LogP contribution in [0.15, 0.2) is 10.7 Å². The fraction of sp³-hybridized carbons (Fsp3) is 0.600. The SMILES string of the molecule is CCNc1ncc(Br)c(N2CCS(=O)CC2)n1. The van der Waals surface area contributed by atoms with Crippen LogP contribution in [0.3, 0.4) is 0 Å². The van der Waals surface area contributed by atoms with Crippen molar-refractivity contribution in [3.05, 3.63) is 10.7 Å². The topological polar surface area (TPSA) is 58.1 Å². The maximum absolute atomic E-state index is 11.3. The zero-order valence-electron chi connectivity index (χ0n) is 9.65. The summed E-state index contributed by atoms with van der Waals surface area (Å²) in [6.45, 7) is 4.38. The van der Waals surface area contributed by atoms with Crippen LogP contribution in [0.2, 0.25) is 0 Å². The van der Waals surface area contributed by atoms with Gasteiger partial charge in [0.05, 0.1) is 4.47 Å². The highest BCUT2D eigenvalue weighted by Gasteiger charge is 2.19. The molecule has 17 heavy (non-hydrogen) atoms. The van der Waals surface area contributed by atoms with Crippen molar-refractivity contribution in [2.24, 2.45) is 0 Å². The molecular formula is C10H15BrN4OS. The van der Waals surface area contributed by atoms with E-state index in [1.165, 1.54) is 0 Å². The van der Waals surface area contributed by atoms with Crippen LogP contribution >= 0.6 is 15.9 Å². The van der Waals surface area contributed by atoms with E-state index in [0.29, 0.717) is 17.5 Å². The molecule has 0 saturated carbocycles. The van der Waals surface area contributed by atoms with Crippen LogP contribution in [0.25, 0.3) is 0 Å². The average molecular weight is 319 g/mol. The van der Waals surface area contributed by atoms with Crippen LogP contribution in [-0.2, 0) is 10.8 Å². The Balaban J connectivity index is 2.18. The molecule has 2 rings (SSSR count). The molecule has 0 atom stereocenters. The van der Waals surface area contributed by atoms with Gasteiger partial charge in [0.2, 0.25) is 5.95 Å². The summed E-state index contributed by atoms with van der Waals surface area (Å²) >= 11 is 3.46. The third kappa shape index (κ3) is 3.16. The largest absolute Gasteiger partial charge is 0.354 e. The van der Waals surface area contributed by atoms with Crippen molar-refractivity contribution in [2.75, 3.05) is 41.4 Å². The molecule has 1 aliphatic rings. The van der Waals surface area contributed by atoms with E-state index >= 15 is 0 Å². The standard InChI is InChI=1S/C10H15BrN4OS/c1-2-12-10-13-7-8(11)9(14-10)15-3-5-17(16)6-4-15/h7H,2-6H2,1H3,(H,12,13,14). The van der Waals surface area contributed by atoms with Crippen molar-refractivity contribution in [2.45, 2.75) is 6.92 Å². The lowest BCUT2D eigenvalue weighted by Gasteiger charge is -2.28. The highest BCUT2D eigenvalue weighted by molar-refractivity contribution is 9.10. The lowest BCUT2D eigenvalue weighted by molar-refractivity contribution is 0.672. The molecule has 5 nitrogen and oxygen atoms in total. The van der Waals surface area contributed by atoms with Crippen LogP contribution in [0, 0.1) is 0 Å². The van der Waals surface area contributed by atoms with E-state index in [0.717, 1.165) is 29.9 Å². The lowest BCUT2D eigenvalue weighted by atomic mass is 10.4. The molecule has 1 saturated heterocycles. The van der Waals surface area contributed by atoms with Crippen molar-refractivity contribution >= 4 is 38.5 Å². The smallest absolute Gasteiger partial charge is 0.224 e. The highest BCUT2D eigenvalue weighted by Crippen LogP contribution is 2.25. The molecule has 7 heteroatoms. The maximum atomic E-state index is 11.3. The number of anilines is 2. The Labute approximate surface area is 112 Å². The van der Waals surface area contributed by atoms with Gasteiger partial charge in [-0.05, 0) is 22.9 Å². The number of aromatic nitrogens is 2. The number of nitrogens with zero attached hydrogens (tertiary/aromatic N) is 3. The number of rotatable bonds is 3. The van der Waals surface area contributed by atoms with Gasteiger partial charge < -0.3 is 10.2 Å². The van der Waals surface area contributed by atoms with Gasteiger partial charge in [0.25, 0.3) is 0 Å². The molecule has 1 fully saturated rings. The second kappa shape index (κ2) is 5.77. The minimum Gasteiger partial charge on any atom is -0.354 e. The van der Waals surface area contributed by atoms with E-state index in [-0.39, 0.29) is 0 Å². The first-order chi connectivity index (χ1) is 8.20. The van der Waals surface area contributed by atoms with Crippen LogP contribution in [0.1, 0.15) is 6.92 Å². The first kappa shape index (κ1) is 12.8. The van der Waals surface area contributed by atoms with Gasteiger partial charge >= 0.3 is 0 Å². The van der Waals surface area contributed by atoms with Gasteiger partial charge in [0.1, 0.15) is 5.82 Å². The van der Waals surface area contributed by atoms with Crippen molar-refractivity contribution in [1.82, 2.24) is 9.97 Å². The van der Waals surface area contributed by atoms with Crippen LogP contribution in [0.4, 0.5) is 11.8 Å². The van der Waals surface area contributed by atoms with E-state index in [1.807, 2.05) is 6.92 Å². The van der Waals surface area contributed by atoms with Gasteiger partial charge in [-0.3, -0.25) is 4.21 Å². The van der Waals surface area contributed by atoms with E-state index in [1.54, 1.807) is 6.20 Å². The van der Waals surface area contributed by atoms with Crippen LogP contribution in [0.5, 0.6) is 0 Å². The molecule has 0 bridgehead atoms. The van der Waals surface area contributed by atoms with Crippen molar-refractivity contribution in [1.29, 1.82) is 0 Å². The zero-order valence-corrected chi connectivity index (χ0v) is 12.1. The van der Waals surface area contributed by atoms with Gasteiger partial charge in [0.15, 0.2) is 0 Å².